The van der Waals surface area contributed by atoms with Gasteiger partial charge in [0.05, 0.1) is 5.69 Å². The SMILES string of the molecule is CC1(C)[C@H]2CC[C@](C)(C2)[C@]1(O)c1cccc(Br)n1. The summed E-state index contributed by atoms with van der Waals surface area (Å²) in [7, 11) is 0. The van der Waals surface area contributed by atoms with E-state index in [1.165, 1.54) is 6.42 Å². The summed E-state index contributed by atoms with van der Waals surface area (Å²) in [5, 5.41) is 11.5. The van der Waals surface area contributed by atoms with Crippen LogP contribution in [0, 0.1) is 16.7 Å². The fourth-order valence-corrected chi connectivity index (χ4v) is 4.85. The molecule has 0 radical (unpaired) electrons. The Morgan fingerprint density at radius 3 is 2.61 bits per heavy atom. The first-order chi connectivity index (χ1) is 8.31. The van der Waals surface area contributed by atoms with E-state index in [1.807, 2.05) is 18.2 Å². The number of pyridine rings is 1. The number of nitrogens with zero attached hydrogens (tertiary/aromatic N) is 1. The molecule has 2 saturated carbocycles. The predicted molar refractivity (Wildman–Crippen MR) is 75.1 cm³/mol. The van der Waals surface area contributed by atoms with Crippen molar-refractivity contribution in [2.24, 2.45) is 16.7 Å². The minimum atomic E-state index is -0.813. The Morgan fingerprint density at radius 1 is 1.33 bits per heavy atom. The highest BCUT2D eigenvalue weighted by Gasteiger charge is 2.69. The number of hydrogen-bond acceptors (Lipinski definition) is 2. The summed E-state index contributed by atoms with van der Waals surface area (Å²) in [6.07, 6.45) is 3.45. The standard InChI is InChI=1S/C15H20BrNO/c1-13(2)10-7-8-14(3,9-10)15(13,18)11-5-4-6-12(16)17-11/h4-6,10,18H,7-9H2,1-3H3/t10-,14+,15-/m0/s1. The molecule has 2 fully saturated rings. The second kappa shape index (κ2) is 3.57. The molecule has 1 N–H and O–H groups in total. The lowest BCUT2D eigenvalue weighted by Crippen LogP contribution is -2.51. The van der Waals surface area contributed by atoms with Crippen LogP contribution in [-0.4, -0.2) is 10.1 Å². The number of fused-ring (bicyclic) bond motifs is 2. The molecule has 0 amide bonds. The molecule has 3 rings (SSSR count). The fraction of sp³-hybridized carbons (Fsp3) is 0.667. The first kappa shape index (κ1) is 12.6. The molecule has 2 aliphatic carbocycles. The third-order valence-corrected chi connectivity index (χ3v) is 6.10. The highest BCUT2D eigenvalue weighted by Crippen LogP contribution is 2.71. The number of aliphatic hydroxyl groups is 1. The Kier molecular flexibility index (Phi) is 2.50. The largest absolute Gasteiger partial charge is 0.382 e. The average molecular weight is 310 g/mol. The van der Waals surface area contributed by atoms with Crippen molar-refractivity contribution in [2.75, 3.05) is 0 Å². The number of aromatic nitrogens is 1. The molecule has 0 saturated heterocycles. The molecule has 98 valence electrons. The van der Waals surface area contributed by atoms with Gasteiger partial charge < -0.3 is 5.11 Å². The molecule has 2 aliphatic rings. The van der Waals surface area contributed by atoms with E-state index in [9.17, 15) is 5.11 Å². The van der Waals surface area contributed by atoms with Gasteiger partial charge in [0.2, 0.25) is 0 Å². The predicted octanol–water partition coefficient (Wildman–Crippen LogP) is 3.88. The Balaban J connectivity index is 2.19. The van der Waals surface area contributed by atoms with Crippen LogP contribution >= 0.6 is 15.9 Å². The normalized spacial score (nSPS) is 41.3. The van der Waals surface area contributed by atoms with Crippen LogP contribution in [0.4, 0.5) is 0 Å². The fourth-order valence-electron chi connectivity index (χ4n) is 4.51. The zero-order valence-corrected chi connectivity index (χ0v) is 12.8. The number of rotatable bonds is 1. The molecule has 1 aromatic rings. The molecular formula is C15H20BrNO. The molecule has 3 atom stereocenters. The van der Waals surface area contributed by atoms with Crippen molar-refractivity contribution in [2.45, 2.75) is 45.6 Å². The maximum Gasteiger partial charge on any atom is 0.117 e. The van der Waals surface area contributed by atoms with Crippen molar-refractivity contribution >= 4 is 15.9 Å². The van der Waals surface area contributed by atoms with Crippen LogP contribution in [0.25, 0.3) is 0 Å². The van der Waals surface area contributed by atoms with Gasteiger partial charge in [0.25, 0.3) is 0 Å². The Bertz CT molecular complexity index is 494. The van der Waals surface area contributed by atoms with E-state index in [-0.39, 0.29) is 10.8 Å². The van der Waals surface area contributed by atoms with Crippen LogP contribution in [0.5, 0.6) is 0 Å². The van der Waals surface area contributed by atoms with E-state index in [1.54, 1.807) is 0 Å². The lowest BCUT2D eigenvalue weighted by molar-refractivity contribution is -0.153. The third kappa shape index (κ3) is 1.30. The molecule has 3 heteroatoms. The van der Waals surface area contributed by atoms with E-state index in [4.69, 9.17) is 0 Å². The van der Waals surface area contributed by atoms with E-state index in [0.717, 1.165) is 23.1 Å². The van der Waals surface area contributed by atoms with Gasteiger partial charge in [-0.25, -0.2) is 4.98 Å². The molecule has 1 aromatic heterocycles. The monoisotopic (exact) mass is 309 g/mol. The first-order valence-corrected chi connectivity index (χ1v) is 7.46. The van der Waals surface area contributed by atoms with Crippen LogP contribution in [0.3, 0.4) is 0 Å². The third-order valence-electron chi connectivity index (χ3n) is 5.65. The molecule has 2 bridgehead atoms. The molecule has 0 aromatic carbocycles. The van der Waals surface area contributed by atoms with Crippen molar-refractivity contribution in [3.8, 4) is 0 Å². The van der Waals surface area contributed by atoms with Gasteiger partial charge in [0.15, 0.2) is 0 Å². The Hall–Kier alpha value is -0.410. The van der Waals surface area contributed by atoms with Gasteiger partial charge in [0.1, 0.15) is 10.2 Å². The summed E-state index contributed by atoms with van der Waals surface area (Å²) in [5.41, 5.74) is -0.123. The summed E-state index contributed by atoms with van der Waals surface area (Å²) >= 11 is 3.42. The van der Waals surface area contributed by atoms with Crippen molar-refractivity contribution < 1.29 is 5.11 Å². The molecule has 18 heavy (non-hydrogen) atoms. The van der Waals surface area contributed by atoms with Crippen LogP contribution in [-0.2, 0) is 5.60 Å². The van der Waals surface area contributed by atoms with Gasteiger partial charge >= 0.3 is 0 Å². The summed E-state index contributed by atoms with van der Waals surface area (Å²) in [5.74, 6) is 0.605. The van der Waals surface area contributed by atoms with Crippen molar-refractivity contribution in [1.82, 2.24) is 4.98 Å². The van der Waals surface area contributed by atoms with Crippen molar-refractivity contribution in [3.63, 3.8) is 0 Å². The number of hydrogen-bond donors (Lipinski definition) is 1. The first-order valence-electron chi connectivity index (χ1n) is 6.67. The zero-order chi connectivity index (χ0) is 13.2. The van der Waals surface area contributed by atoms with E-state index in [2.05, 4.69) is 41.7 Å². The highest BCUT2D eigenvalue weighted by atomic mass is 79.9. The molecule has 1 heterocycles. The second-order valence-electron chi connectivity index (χ2n) is 6.78. The van der Waals surface area contributed by atoms with Gasteiger partial charge in [0, 0.05) is 10.8 Å². The van der Waals surface area contributed by atoms with Gasteiger partial charge in [-0.1, -0.05) is 26.8 Å². The minimum absolute atomic E-state index is 0.0328. The quantitative estimate of drug-likeness (QED) is 0.799. The van der Waals surface area contributed by atoms with Crippen LogP contribution in [0.15, 0.2) is 22.8 Å². The second-order valence-corrected chi connectivity index (χ2v) is 7.59. The summed E-state index contributed by atoms with van der Waals surface area (Å²) in [6, 6.07) is 5.85. The highest BCUT2D eigenvalue weighted by molar-refractivity contribution is 9.10. The van der Waals surface area contributed by atoms with Crippen LogP contribution in [0.1, 0.15) is 45.7 Å². The Morgan fingerprint density at radius 2 is 2.06 bits per heavy atom. The maximum atomic E-state index is 11.5. The summed E-state index contributed by atoms with van der Waals surface area (Å²) in [4.78, 5) is 4.55. The van der Waals surface area contributed by atoms with E-state index < -0.39 is 5.60 Å². The van der Waals surface area contributed by atoms with Crippen molar-refractivity contribution in [1.29, 1.82) is 0 Å². The molecule has 2 nitrogen and oxygen atoms in total. The van der Waals surface area contributed by atoms with Crippen LogP contribution in [0.2, 0.25) is 0 Å². The van der Waals surface area contributed by atoms with Gasteiger partial charge in [-0.05, 0) is 53.2 Å². The topological polar surface area (TPSA) is 33.1 Å². The molecule has 0 spiro atoms. The zero-order valence-electron chi connectivity index (χ0n) is 11.2. The molecular weight excluding hydrogens is 290 g/mol. The lowest BCUT2D eigenvalue weighted by Gasteiger charge is -2.50. The Labute approximate surface area is 117 Å². The van der Waals surface area contributed by atoms with Crippen molar-refractivity contribution in [3.05, 3.63) is 28.5 Å². The minimum Gasteiger partial charge on any atom is -0.382 e. The lowest BCUT2D eigenvalue weighted by atomic mass is 9.59. The van der Waals surface area contributed by atoms with Gasteiger partial charge in [-0.2, -0.15) is 0 Å². The molecule has 0 aliphatic heterocycles. The summed E-state index contributed by atoms with van der Waals surface area (Å²) in [6.45, 7) is 6.62. The maximum absolute atomic E-state index is 11.5. The molecule has 0 unspecified atom stereocenters. The summed E-state index contributed by atoms with van der Waals surface area (Å²) < 4.78 is 0.801. The van der Waals surface area contributed by atoms with Gasteiger partial charge in [-0.15, -0.1) is 0 Å². The van der Waals surface area contributed by atoms with Gasteiger partial charge in [-0.3, -0.25) is 0 Å². The van der Waals surface area contributed by atoms with E-state index >= 15 is 0 Å². The van der Waals surface area contributed by atoms with E-state index in [0.29, 0.717) is 5.92 Å². The smallest absolute Gasteiger partial charge is 0.117 e. The van der Waals surface area contributed by atoms with Crippen LogP contribution < -0.4 is 0 Å². The number of halogens is 1. The average Bonchev–Trinajstić information content (AvgIpc) is 2.77.